The fraction of sp³-hybridized carbons (Fsp3) is 0.600. The van der Waals surface area contributed by atoms with Gasteiger partial charge in [-0.2, -0.15) is 0 Å². The Labute approximate surface area is 88.3 Å². The highest BCUT2D eigenvalue weighted by Crippen LogP contribution is 2.29. The van der Waals surface area contributed by atoms with Crippen molar-refractivity contribution in [3.63, 3.8) is 0 Å². The number of nitrogens with one attached hydrogen (secondary N) is 1. The van der Waals surface area contributed by atoms with Crippen LogP contribution in [0, 0.1) is 0 Å². The van der Waals surface area contributed by atoms with Gasteiger partial charge in [-0.05, 0) is 25.7 Å². The van der Waals surface area contributed by atoms with Crippen LogP contribution in [0.15, 0.2) is 12.7 Å². The Kier molecular flexibility index (Phi) is 3.47. The van der Waals surface area contributed by atoms with Crippen LogP contribution in [-0.2, 0) is 9.59 Å². The van der Waals surface area contributed by atoms with Crippen LogP contribution in [0.25, 0.3) is 0 Å². The molecule has 5 nitrogen and oxygen atoms in total. The van der Waals surface area contributed by atoms with Gasteiger partial charge in [0.1, 0.15) is 6.04 Å². The standard InChI is InChI=1S/C10H16N2O3/c1-2-4-7(8(13)14)12-9(15)10(11)5-3-6-10/h2,7H,1,3-6,11H2,(H,12,15)(H,13,14). The minimum atomic E-state index is -1.06. The fourth-order valence-corrected chi connectivity index (χ4v) is 1.47. The molecule has 84 valence electrons. The molecule has 1 fully saturated rings. The molecule has 1 rings (SSSR count). The maximum Gasteiger partial charge on any atom is 0.326 e. The van der Waals surface area contributed by atoms with E-state index in [-0.39, 0.29) is 12.3 Å². The van der Waals surface area contributed by atoms with E-state index in [9.17, 15) is 9.59 Å². The van der Waals surface area contributed by atoms with E-state index in [1.807, 2.05) is 0 Å². The molecule has 0 heterocycles. The molecule has 1 aliphatic rings. The molecular weight excluding hydrogens is 196 g/mol. The maximum atomic E-state index is 11.6. The number of rotatable bonds is 5. The molecule has 1 saturated carbocycles. The van der Waals surface area contributed by atoms with Gasteiger partial charge in [0.15, 0.2) is 0 Å². The van der Waals surface area contributed by atoms with Crippen LogP contribution < -0.4 is 11.1 Å². The van der Waals surface area contributed by atoms with E-state index in [0.29, 0.717) is 12.8 Å². The monoisotopic (exact) mass is 212 g/mol. The third-order valence-corrected chi connectivity index (χ3v) is 2.70. The summed E-state index contributed by atoms with van der Waals surface area (Å²) >= 11 is 0. The number of carboxylic acids is 1. The quantitative estimate of drug-likeness (QED) is 0.560. The first-order valence-corrected chi connectivity index (χ1v) is 4.93. The maximum absolute atomic E-state index is 11.6. The van der Waals surface area contributed by atoms with E-state index < -0.39 is 17.6 Å². The zero-order chi connectivity index (χ0) is 11.5. The first-order chi connectivity index (χ1) is 6.99. The van der Waals surface area contributed by atoms with Gasteiger partial charge in [0.05, 0.1) is 5.54 Å². The Balaban J connectivity index is 2.54. The molecule has 0 aromatic rings. The molecule has 1 unspecified atom stereocenters. The third kappa shape index (κ3) is 2.56. The number of nitrogens with two attached hydrogens (primary N) is 1. The van der Waals surface area contributed by atoms with Gasteiger partial charge in [-0.1, -0.05) is 6.08 Å². The van der Waals surface area contributed by atoms with Crippen molar-refractivity contribution in [3.8, 4) is 0 Å². The molecule has 1 atom stereocenters. The first kappa shape index (κ1) is 11.7. The average Bonchev–Trinajstić information content (AvgIpc) is 2.13. The van der Waals surface area contributed by atoms with Crippen LogP contribution in [0.2, 0.25) is 0 Å². The van der Waals surface area contributed by atoms with Gasteiger partial charge in [-0.15, -0.1) is 6.58 Å². The van der Waals surface area contributed by atoms with Crippen LogP contribution in [0.1, 0.15) is 25.7 Å². The number of carbonyl (C=O) groups excluding carboxylic acids is 1. The van der Waals surface area contributed by atoms with Gasteiger partial charge >= 0.3 is 5.97 Å². The van der Waals surface area contributed by atoms with E-state index in [2.05, 4.69) is 11.9 Å². The molecule has 0 aromatic carbocycles. The van der Waals surface area contributed by atoms with Crippen LogP contribution in [0.5, 0.6) is 0 Å². The number of carboxylic acid groups (broad SMARTS) is 1. The Morgan fingerprint density at radius 2 is 2.20 bits per heavy atom. The van der Waals surface area contributed by atoms with Crippen LogP contribution >= 0.6 is 0 Å². The highest BCUT2D eigenvalue weighted by molar-refractivity contribution is 5.90. The van der Waals surface area contributed by atoms with Crippen molar-refractivity contribution >= 4 is 11.9 Å². The van der Waals surface area contributed by atoms with Crippen LogP contribution in [0.4, 0.5) is 0 Å². The predicted octanol–water partition coefficient (Wildman–Crippen LogP) is 0.0133. The van der Waals surface area contributed by atoms with Crippen LogP contribution in [-0.4, -0.2) is 28.6 Å². The number of hydrogen-bond acceptors (Lipinski definition) is 3. The Hall–Kier alpha value is -1.36. The van der Waals surface area contributed by atoms with Gasteiger partial charge < -0.3 is 16.2 Å². The van der Waals surface area contributed by atoms with E-state index in [0.717, 1.165) is 6.42 Å². The second-order valence-corrected chi connectivity index (χ2v) is 3.90. The summed E-state index contributed by atoms with van der Waals surface area (Å²) in [6.45, 7) is 3.44. The largest absolute Gasteiger partial charge is 0.480 e. The molecule has 0 radical (unpaired) electrons. The van der Waals surface area contributed by atoms with Crippen molar-refractivity contribution in [2.75, 3.05) is 0 Å². The van der Waals surface area contributed by atoms with Gasteiger partial charge in [-0.3, -0.25) is 4.79 Å². The van der Waals surface area contributed by atoms with Gasteiger partial charge in [0.25, 0.3) is 0 Å². The smallest absolute Gasteiger partial charge is 0.326 e. The molecule has 5 heteroatoms. The lowest BCUT2D eigenvalue weighted by atomic mass is 9.77. The highest BCUT2D eigenvalue weighted by Gasteiger charge is 2.41. The van der Waals surface area contributed by atoms with Gasteiger partial charge in [0, 0.05) is 0 Å². The minimum Gasteiger partial charge on any atom is -0.480 e. The average molecular weight is 212 g/mol. The van der Waals surface area contributed by atoms with Gasteiger partial charge in [0.2, 0.25) is 5.91 Å². The summed E-state index contributed by atoms with van der Waals surface area (Å²) < 4.78 is 0. The lowest BCUT2D eigenvalue weighted by molar-refractivity contribution is -0.143. The Morgan fingerprint density at radius 1 is 1.60 bits per heavy atom. The predicted molar refractivity (Wildman–Crippen MR) is 55.1 cm³/mol. The number of aliphatic carboxylic acids is 1. The second-order valence-electron chi connectivity index (χ2n) is 3.90. The number of carbonyl (C=O) groups is 2. The van der Waals surface area contributed by atoms with Crippen molar-refractivity contribution in [3.05, 3.63) is 12.7 Å². The molecule has 0 spiro atoms. The minimum absolute atomic E-state index is 0.206. The summed E-state index contributed by atoms with van der Waals surface area (Å²) in [5.74, 6) is -1.44. The van der Waals surface area contributed by atoms with Crippen LogP contribution in [0.3, 0.4) is 0 Å². The molecular formula is C10H16N2O3. The molecule has 4 N–H and O–H groups in total. The summed E-state index contributed by atoms with van der Waals surface area (Å²) in [6, 6.07) is -0.920. The van der Waals surface area contributed by atoms with Crippen molar-refractivity contribution in [1.82, 2.24) is 5.32 Å². The summed E-state index contributed by atoms with van der Waals surface area (Å²) in [5.41, 5.74) is 4.91. The normalized spacial score (nSPS) is 19.8. The third-order valence-electron chi connectivity index (χ3n) is 2.70. The summed E-state index contributed by atoms with van der Waals surface area (Å²) in [6.07, 6.45) is 3.84. The lowest BCUT2D eigenvalue weighted by Crippen LogP contribution is -2.61. The molecule has 0 saturated heterocycles. The van der Waals surface area contributed by atoms with Crippen molar-refractivity contribution < 1.29 is 14.7 Å². The molecule has 15 heavy (non-hydrogen) atoms. The van der Waals surface area contributed by atoms with E-state index in [1.165, 1.54) is 6.08 Å². The summed E-state index contributed by atoms with van der Waals surface area (Å²) in [5, 5.41) is 11.2. The molecule has 0 aliphatic heterocycles. The summed E-state index contributed by atoms with van der Waals surface area (Å²) in [7, 11) is 0. The number of amides is 1. The molecule has 1 aliphatic carbocycles. The van der Waals surface area contributed by atoms with E-state index in [4.69, 9.17) is 10.8 Å². The van der Waals surface area contributed by atoms with Crippen molar-refractivity contribution in [2.45, 2.75) is 37.3 Å². The molecule has 0 aromatic heterocycles. The second kappa shape index (κ2) is 4.44. The zero-order valence-electron chi connectivity index (χ0n) is 8.53. The first-order valence-electron chi connectivity index (χ1n) is 4.93. The number of hydrogen-bond donors (Lipinski definition) is 3. The zero-order valence-corrected chi connectivity index (χ0v) is 8.53. The lowest BCUT2D eigenvalue weighted by Gasteiger charge is -2.36. The highest BCUT2D eigenvalue weighted by atomic mass is 16.4. The van der Waals surface area contributed by atoms with E-state index >= 15 is 0 Å². The molecule has 0 bridgehead atoms. The van der Waals surface area contributed by atoms with Gasteiger partial charge in [-0.25, -0.2) is 4.79 Å². The molecule has 1 amide bonds. The fourth-order valence-electron chi connectivity index (χ4n) is 1.47. The summed E-state index contributed by atoms with van der Waals surface area (Å²) in [4.78, 5) is 22.4. The van der Waals surface area contributed by atoms with Crippen molar-refractivity contribution in [1.29, 1.82) is 0 Å². The van der Waals surface area contributed by atoms with Crippen molar-refractivity contribution in [2.24, 2.45) is 5.73 Å². The Bertz CT molecular complexity index is 284. The van der Waals surface area contributed by atoms with E-state index in [1.54, 1.807) is 0 Å². The topological polar surface area (TPSA) is 92.4 Å². The SMILES string of the molecule is C=CCC(NC(=O)C1(N)CCC1)C(=O)O. The Morgan fingerprint density at radius 3 is 2.53 bits per heavy atom.